The number of nitrogens with zero attached hydrogens (tertiary/aromatic N) is 2. The monoisotopic (exact) mass is 266 g/mol. The van der Waals surface area contributed by atoms with Crippen LogP contribution in [-0.4, -0.2) is 10.7 Å². The molecule has 0 aliphatic rings. The van der Waals surface area contributed by atoms with E-state index in [1.54, 1.807) is 6.20 Å². The highest BCUT2D eigenvalue weighted by Crippen LogP contribution is 2.06. The first-order valence-corrected chi connectivity index (χ1v) is 6.40. The Balaban J connectivity index is 0.00000200. The first-order valence-electron chi connectivity index (χ1n) is 6.40. The molecule has 0 amide bonds. The normalized spacial score (nSPS) is 10.6. The van der Waals surface area contributed by atoms with Crippen molar-refractivity contribution in [3.8, 4) is 0 Å². The number of allylic oxidation sites excluding steroid dienone is 2. The Bertz CT molecular complexity index is 565. The molecule has 1 aromatic carbocycles. The van der Waals surface area contributed by atoms with Crippen LogP contribution in [0.2, 0.25) is 0 Å². The standard InChI is InChI=1S/C17H18N2.CH4/c1-14(2)12-17(16-10-6-7-11-18-16)19-13-15-8-4-3-5-9-15;/h3-12H,13H2,1-2H3;1H4. The molecule has 104 valence electrons. The Kier molecular flexibility index (Phi) is 6.38. The first-order chi connectivity index (χ1) is 9.25. The van der Waals surface area contributed by atoms with E-state index in [0.29, 0.717) is 6.54 Å². The molecule has 0 fully saturated rings. The Labute approximate surface area is 121 Å². The number of benzene rings is 1. The van der Waals surface area contributed by atoms with Crippen LogP contribution in [0.25, 0.3) is 0 Å². The lowest BCUT2D eigenvalue weighted by Gasteiger charge is -2.03. The summed E-state index contributed by atoms with van der Waals surface area (Å²) >= 11 is 0. The van der Waals surface area contributed by atoms with Crippen LogP contribution < -0.4 is 0 Å². The number of pyridine rings is 1. The summed E-state index contributed by atoms with van der Waals surface area (Å²) in [6.07, 6.45) is 3.87. The molecule has 0 radical (unpaired) electrons. The molecule has 20 heavy (non-hydrogen) atoms. The fourth-order valence-corrected chi connectivity index (χ4v) is 1.75. The van der Waals surface area contributed by atoms with Crippen LogP contribution >= 0.6 is 0 Å². The van der Waals surface area contributed by atoms with Gasteiger partial charge in [0.1, 0.15) is 0 Å². The minimum Gasteiger partial charge on any atom is -0.278 e. The molecule has 2 nitrogen and oxygen atoms in total. The fraction of sp³-hybridized carbons (Fsp3) is 0.222. The number of aromatic nitrogens is 1. The zero-order chi connectivity index (χ0) is 13.5. The topological polar surface area (TPSA) is 25.2 Å². The van der Waals surface area contributed by atoms with E-state index in [-0.39, 0.29) is 7.43 Å². The molecule has 0 bridgehead atoms. The summed E-state index contributed by atoms with van der Waals surface area (Å²) in [7, 11) is 0. The van der Waals surface area contributed by atoms with E-state index in [9.17, 15) is 0 Å². The minimum atomic E-state index is 0. The third-order valence-corrected chi connectivity index (χ3v) is 2.63. The number of hydrogen-bond donors (Lipinski definition) is 0. The molecule has 0 saturated carbocycles. The van der Waals surface area contributed by atoms with Crippen LogP contribution in [0.1, 0.15) is 32.5 Å². The van der Waals surface area contributed by atoms with E-state index in [4.69, 9.17) is 0 Å². The fourth-order valence-electron chi connectivity index (χ4n) is 1.75. The maximum Gasteiger partial charge on any atom is 0.0881 e. The highest BCUT2D eigenvalue weighted by Gasteiger charge is 2.01. The van der Waals surface area contributed by atoms with Gasteiger partial charge in [0.2, 0.25) is 0 Å². The molecule has 0 atom stereocenters. The molecule has 0 aliphatic carbocycles. The van der Waals surface area contributed by atoms with E-state index >= 15 is 0 Å². The SMILES string of the molecule is C.CC(C)=CC(=NCc1ccccc1)c1ccccn1. The third-order valence-electron chi connectivity index (χ3n) is 2.63. The summed E-state index contributed by atoms with van der Waals surface area (Å²) in [6, 6.07) is 16.1. The summed E-state index contributed by atoms with van der Waals surface area (Å²) in [5.74, 6) is 0. The van der Waals surface area contributed by atoms with Gasteiger partial charge in [0.05, 0.1) is 18.0 Å². The molecule has 2 heteroatoms. The van der Waals surface area contributed by atoms with Crippen molar-refractivity contribution in [1.82, 2.24) is 4.98 Å². The van der Waals surface area contributed by atoms with Crippen molar-refractivity contribution in [1.29, 1.82) is 0 Å². The highest BCUT2D eigenvalue weighted by atomic mass is 14.8. The van der Waals surface area contributed by atoms with E-state index < -0.39 is 0 Å². The van der Waals surface area contributed by atoms with Gasteiger partial charge < -0.3 is 0 Å². The quantitative estimate of drug-likeness (QED) is 0.738. The predicted molar refractivity (Wildman–Crippen MR) is 87.1 cm³/mol. The summed E-state index contributed by atoms with van der Waals surface area (Å²) in [6.45, 7) is 4.82. The largest absolute Gasteiger partial charge is 0.278 e. The molecular weight excluding hydrogens is 244 g/mol. The van der Waals surface area contributed by atoms with Gasteiger partial charge in [-0.1, -0.05) is 49.4 Å². The van der Waals surface area contributed by atoms with E-state index in [1.807, 2.05) is 36.4 Å². The molecule has 0 spiro atoms. The van der Waals surface area contributed by atoms with Gasteiger partial charge >= 0.3 is 0 Å². The van der Waals surface area contributed by atoms with Gasteiger partial charge in [-0.25, -0.2) is 0 Å². The lowest BCUT2D eigenvalue weighted by atomic mass is 10.1. The second-order valence-corrected chi connectivity index (χ2v) is 4.62. The van der Waals surface area contributed by atoms with Gasteiger partial charge in [-0.3, -0.25) is 9.98 Å². The highest BCUT2D eigenvalue weighted by molar-refractivity contribution is 6.07. The van der Waals surface area contributed by atoms with Crippen LogP contribution in [0.4, 0.5) is 0 Å². The summed E-state index contributed by atoms with van der Waals surface area (Å²) in [5, 5.41) is 0. The molecule has 2 rings (SSSR count). The van der Waals surface area contributed by atoms with Crippen molar-refractivity contribution in [3.63, 3.8) is 0 Å². The van der Waals surface area contributed by atoms with Crippen molar-refractivity contribution >= 4 is 5.71 Å². The average molecular weight is 266 g/mol. The molecule has 0 saturated heterocycles. The summed E-state index contributed by atoms with van der Waals surface area (Å²) in [5.41, 5.74) is 4.28. The van der Waals surface area contributed by atoms with Gasteiger partial charge in [-0.2, -0.15) is 0 Å². The van der Waals surface area contributed by atoms with Crippen LogP contribution in [0.5, 0.6) is 0 Å². The van der Waals surface area contributed by atoms with Crippen LogP contribution in [0.3, 0.4) is 0 Å². The van der Waals surface area contributed by atoms with Crippen LogP contribution in [0, 0.1) is 0 Å². The third kappa shape index (κ3) is 4.81. The molecular formula is C18H22N2. The second kappa shape index (κ2) is 8.05. The lowest BCUT2D eigenvalue weighted by molar-refractivity contribution is 1.06. The Morgan fingerprint density at radius 2 is 1.75 bits per heavy atom. The van der Waals surface area contributed by atoms with Crippen molar-refractivity contribution in [2.24, 2.45) is 4.99 Å². The van der Waals surface area contributed by atoms with Gasteiger partial charge in [0.25, 0.3) is 0 Å². The molecule has 0 unspecified atom stereocenters. The smallest absolute Gasteiger partial charge is 0.0881 e. The van der Waals surface area contributed by atoms with E-state index in [2.05, 4.69) is 42.0 Å². The van der Waals surface area contributed by atoms with Gasteiger partial charge in [-0.15, -0.1) is 0 Å². The summed E-state index contributed by atoms with van der Waals surface area (Å²) < 4.78 is 0. The zero-order valence-electron chi connectivity index (χ0n) is 11.4. The average Bonchev–Trinajstić information content (AvgIpc) is 2.45. The molecule has 1 heterocycles. The van der Waals surface area contributed by atoms with Gasteiger partial charge in [0.15, 0.2) is 0 Å². The lowest BCUT2D eigenvalue weighted by Crippen LogP contribution is -2.01. The van der Waals surface area contributed by atoms with Crippen molar-refractivity contribution < 1.29 is 0 Å². The van der Waals surface area contributed by atoms with Gasteiger partial charge in [-0.05, 0) is 37.6 Å². The maximum absolute atomic E-state index is 4.68. The molecule has 2 aromatic rings. The van der Waals surface area contributed by atoms with Crippen molar-refractivity contribution in [2.75, 3.05) is 0 Å². The number of hydrogen-bond acceptors (Lipinski definition) is 2. The number of rotatable bonds is 4. The first kappa shape index (κ1) is 15.8. The van der Waals surface area contributed by atoms with Crippen molar-refractivity contribution in [2.45, 2.75) is 27.8 Å². The Hall–Kier alpha value is -2.22. The zero-order valence-corrected chi connectivity index (χ0v) is 11.4. The second-order valence-electron chi connectivity index (χ2n) is 4.62. The molecule has 1 aromatic heterocycles. The summed E-state index contributed by atoms with van der Waals surface area (Å²) in [4.78, 5) is 9.05. The number of aliphatic imine (C=N–C) groups is 1. The Morgan fingerprint density at radius 3 is 2.35 bits per heavy atom. The Morgan fingerprint density at radius 1 is 1.05 bits per heavy atom. The minimum absolute atomic E-state index is 0. The predicted octanol–water partition coefficient (Wildman–Crippen LogP) is 4.67. The van der Waals surface area contributed by atoms with E-state index in [1.165, 1.54) is 11.1 Å². The van der Waals surface area contributed by atoms with E-state index in [0.717, 1.165) is 11.4 Å². The molecule has 0 aliphatic heterocycles. The van der Waals surface area contributed by atoms with Gasteiger partial charge in [0, 0.05) is 6.20 Å². The molecule has 0 N–H and O–H groups in total. The van der Waals surface area contributed by atoms with Crippen LogP contribution in [-0.2, 0) is 6.54 Å². The maximum atomic E-state index is 4.68. The van der Waals surface area contributed by atoms with Crippen molar-refractivity contribution in [3.05, 3.63) is 77.6 Å². The van der Waals surface area contributed by atoms with Crippen LogP contribution in [0.15, 0.2) is 71.4 Å².